The smallest absolute Gasteiger partial charge is 0.0798 e. The summed E-state index contributed by atoms with van der Waals surface area (Å²) in [4.78, 5) is 5.83. The Bertz CT molecular complexity index is 469. The van der Waals surface area contributed by atoms with Gasteiger partial charge in [-0.1, -0.05) is 6.42 Å². The van der Waals surface area contributed by atoms with Gasteiger partial charge in [0.05, 0.1) is 11.2 Å². The Morgan fingerprint density at radius 3 is 2.89 bits per heavy atom. The molecule has 0 amide bonds. The number of thiazole rings is 1. The minimum atomic E-state index is 0.483. The summed E-state index contributed by atoms with van der Waals surface area (Å²) in [5, 5.41) is 3.94. The fourth-order valence-electron chi connectivity index (χ4n) is 5.38. The van der Waals surface area contributed by atoms with Crippen LogP contribution in [-0.2, 0) is 0 Å². The van der Waals surface area contributed by atoms with Crippen molar-refractivity contribution in [3.8, 4) is 0 Å². The van der Waals surface area contributed by atoms with Gasteiger partial charge < -0.3 is 5.32 Å². The molecule has 3 heteroatoms. The van der Waals surface area contributed by atoms with E-state index in [0.717, 1.165) is 29.7 Å². The number of aromatic nitrogens is 1. The molecule has 2 nitrogen and oxygen atoms in total. The minimum Gasteiger partial charge on any atom is -0.306 e. The summed E-state index contributed by atoms with van der Waals surface area (Å²) in [6, 6.07) is 1.26. The second-order valence-electron chi connectivity index (χ2n) is 6.95. The van der Waals surface area contributed by atoms with Crippen LogP contribution in [0, 0.1) is 30.6 Å². The molecule has 6 atom stereocenters. The molecular weight excluding hydrogens is 252 g/mol. The molecule has 2 bridgehead atoms. The number of nitrogens with zero attached hydrogens (tertiary/aromatic N) is 1. The van der Waals surface area contributed by atoms with Crippen LogP contribution in [0.2, 0.25) is 0 Å². The van der Waals surface area contributed by atoms with Gasteiger partial charge in [0.15, 0.2) is 0 Å². The number of fused-ring (bicyclic) bond motifs is 5. The third-order valence-corrected chi connectivity index (χ3v) is 7.18. The first kappa shape index (κ1) is 12.3. The maximum atomic E-state index is 4.39. The zero-order valence-corrected chi connectivity index (χ0v) is 12.7. The van der Waals surface area contributed by atoms with Crippen LogP contribution in [-0.4, -0.2) is 11.0 Å². The second-order valence-corrected chi connectivity index (χ2v) is 7.84. The number of rotatable bonds is 3. The van der Waals surface area contributed by atoms with Crippen LogP contribution in [0.1, 0.15) is 55.6 Å². The summed E-state index contributed by atoms with van der Waals surface area (Å²) in [6.07, 6.45) is 7.49. The molecule has 1 heterocycles. The molecule has 3 aliphatic carbocycles. The highest BCUT2D eigenvalue weighted by Gasteiger charge is 2.53. The Hall–Kier alpha value is -0.410. The van der Waals surface area contributed by atoms with Gasteiger partial charge in [-0.2, -0.15) is 0 Å². The summed E-state index contributed by atoms with van der Waals surface area (Å²) < 4.78 is 0. The quantitative estimate of drug-likeness (QED) is 0.905. The molecule has 19 heavy (non-hydrogen) atoms. The van der Waals surface area contributed by atoms with Crippen LogP contribution >= 0.6 is 11.3 Å². The molecule has 4 rings (SSSR count). The van der Waals surface area contributed by atoms with E-state index in [4.69, 9.17) is 0 Å². The van der Waals surface area contributed by atoms with Gasteiger partial charge in [-0.3, -0.25) is 0 Å². The molecule has 6 unspecified atom stereocenters. The third-order valence-electron chi connectivity index (χ3n) is 6.07. The van der Waals surface area contributed by atoms with Crippen molar-refractivity contribution in [2.75, 3.05) is 0 Å². The van der Waals surface area contributed by atoms with Crippen molar-refractivity contribution in [3.05, 3.63) is 16.1 Å². The lowest BCUT2D eigenvalue weighted by Crippen LogP contribution is -2.40. The van der Waals surface area contributed by atoms with Gasteiger partial charge in [-0.25, -0.2) is 4.98 Å². The second kappa shape index (κ2) is 4.56. The van der Waals surface area contributed by atoms with Crippen molar-refractivity contribution in [3.63, 3.8) is 0 Å². The molecule has 3 saturated carbocycles. The monoisotopic (exact) mass is 276 g/mol. The van der Waals surface area contributed by atoms with E-state index in [1.165, 1.54) is 42.7 Å². The molecule has 0 spiro atoms. The standard InChI is InChI=1S/C16H24N2S/c1-9-16(19-8-17-9)10(2)18-15-7-11-6-14(15)13-5-3-4-12(11)13/h8,10-15,18H,3-7H2,1-2H3. The largest absolute Gasteiger partial charge is 0.306 e. The lowest BCUT2D eigenvalue weighted by Gasteiger charge is -2.34. The molecule has 0 aliphatic heterocycles. The van der Waals surface area contributed by atoms with Gasteiger partial charge >= 0.3 is 0 Å². The molecule has 1 N–H and O–H groups in total. The van der Waals surface area contributed by atoms with Crippen molar-refractivity contribution in [1.29, 1.82) is 0 Å². The van der Waals surface area contributed by atoms with Gasteiger partial charge in [0.2, 0.25) is 0 Å². The van der Waals surface area contributed by atoms with E-state index < -0.39 is 0 Å². The predicted molar refractivity (Wildman–Crippen MR) is 79.2 cm³/mol. The van der Waals surface area contributed by atoms with E-state index in [-0.39, 0.29) is 0 Å². The number of hydrogen-bond acceptors (Lipinski definition) is 3. The summed E-state index contributed by atoms with van der Waals surface area (Å²) >= 11 is 1.81. The van der Waals surface area contributed by atoms with E-state index in [9.17, 15) is 0 Å². The maximum Gasteiger partial charge on any atom is 0.0798 e. The molecule has 0 saturated heterocycles. The Kier molecular flexibility index (Phi) is 2.96. The molecule has 104 valence electrons. The Morgan fingerprint density at radius 2 is 2.11 bits per heavy atom. The van der Waals surface area contributed by atoms with Gasteiger partial charge in [0.1, 0.15) is 0 Å². The highest BCUT2D eigenvalue weighted by atomic mass is 32.1. The lowest BCUT2D eigenvalue weighted by molar-refractivity contribution is 0.200. The normalized spacial score (nSPS) is 41.7. The van der Waals surface area contributed by atoms with Gasteiger partial charge in [0.25, 0.3) is 0 Å². The van der Waals surface area contributed by atoms with Crippen LogP contribution in [0.3, 0.4) is 0 Å². The maximum absolute atomic E-state index is 4.39. The highest BCUT2D eigenvalue weighted by Crippen LogP contribution is 2.58. The van der Waals surface area contributed by atoms with E-state index >= 15 is 0 Å². The zero-order valence-electron chi connectivity index (χ0n) is 11.9. The molecule has 1 aromatic heterocycles. The molecule has 0 aromatic carbocycles. The number of hydrogen-bond donors (Lipinski definition) is 1. The molecule has 3 aliphatic rings. The predicted octanol–water partition coefficient (Wildman–Crippen LogP) is 3.93. The fraction of sp³-hybridized carbons (Fsp3) is 0.812. The SMILES string of the molecule is Cc1ncsc1C(C)NC1CC2CC1C1CCCC21. The van der Waals surface area contributed by atoms with E-state index in [1.54, 1.807) is 11.3 Å². The van der Waals surface area contributed by atoms with Crippen molar-refractivity contribution >= 4 is 11.3 Å². The van der Waals surface area contributed by atoms with Crippen molar-refractivity contribution < 1.29 is 0 Å². The zero-order chi connectivity index (χ0) is 13.0. The topological polar surface area (TPSA) is 24.9 Å². The Balaban J connectivity index is 1.46. The van der Waals surface area contributed by atoms with Gasteiger partial charge in [-0.05, 0) is 63.2 Å². The van der Waals surface area contributed by atoms with E-state index in [2.05, 4.69) is 24.1 Å². The number of aryl methyl sites for hydroxylation is 1. The minimum absolute atomic E-state index is 0.483. The molecule has 3 fully saturated rings. The molecule has 0 radical (unpaired) electrons. The van der Waals surface area contributed by atoms with Crippen molar-refractivity contribution in [2.45, 2.75) is 58.0 Å². The highest BCUT2D eigenvalue weighted by molar-refractivity contribution is 7.09. The van der Waals surface area contributed by atoms with E-state index in [1.807, 2.05) is 5.51 Å². The molecule has 1 aromatic rings. The Labute approximate surface area is 120 Å². The lowest BCUT2D eigenvalue weighted by atomic mass is 9.79. The molecular formula is C16H24N2S. The van der Waals surface area contributed by atoms with E-state index in [0.29, 0.717) is 6.04 Å². The first-order chi connectivity index (χ1) is 9.24. The van der Waals surface area contributed by atoms with Crippen LogP contribution in [0.5, 0.6) is 0 Å². The van der Waals surface area contributed by atoms with Crippen LogP contribution in [0.25, 0.3) is 0 Å². The summed E-state index contributed by atoms with van der Waals surface area (Å²) in [7, 11) is 0. The number of nitrogens with one attached hydrogen (secondary N) is 1. The van der Waals surface area contributed by atoms with Crippen LogP contribution < -0.4 is 5.32 Å². The average molecular weight is 276 g/mol. The fourth-order valence-corrected chi connectivity index (χ4v) is 6.20. The van der Waals surface area contributed by atoms with Crippen LogP contribution in [0.15, 0.2) is 5.51 Å². The van der Waals surface area contributed by atoms with Gasteiger partial charge in [0, 0.05) is 17.0 Å². The van der Waals surface area contributed by atoms with Crippen molar-refractivity contribution in [1.82, 2.24) is 10.3 Å². The van der Waals surface area contributed by atoms with Crippen molar-refractivity contribution in [2.24, 2.45) is 23.7 Å². The first-order valence-corrected chi connectivity index (χ1v) is 8.78. The summed E-state index contributed by atoms with van der Waals surface area (Å²) in [5.41, 5.74) is 3.20. The van der Waals surface area contributed by atoms with Gasteiger partial charge in [-0.15, -0.1) is 11.3 Å². The average Bonchev–Trinajstić information content (AvgIpc) is 3.07. The first-order valence-electron chi connectivity index (χ1n) is 7.90. The summed E-state index contributed by atoms with van der Waals surface area (Å²) in [5.74, 6) is 4.19. The third kappa shape index (κ3) is 1.89. The van der Waals surface area contributed by atoms with Crippen LogP contribution in [0.4, 0.5) is 0 Å². The Morgan fingerprint density at radius 1 is 1.26 bits per heavy atom. The summed E-state index contributed by atoms with van der Waals surface area (Å²) in [6.45, 7) is 4.45.